The van der Waals surface area contributed by atoms with Crippen molar-refractivity contribution < 1.29 is 27.4 Å². The van der Waals surface area contributed by atoms with E-state index in [1.54, 1.807) is 6.07 Å². The summed E-state index contributed by atoms with van der Waals surface area (Å²) in [6.45, 7) is 4.11. The van der Waals surface area contributed by atoms with E-state index >= 15 is 0 Å². The molecule has 33 heavy (non-hydrogen) atoms. The van der Waals surface area contributed by atoms with Crippen molar-refractivity contribution in [2.24, 2.45) is 11.3 Å². The van der Waals surface area contributed by atoms with Crippen molar-refractivity contribution in [2.75, 3.05) is 17.4 Å². The molecular weight excluding hydrogens is 457 g/mol. The third-order valence-corrected chi connectivity index (χ3v) is 5.88. The van der Waals surface area contributed by atoms with Gasteiger partial charge in [-0.2, -0.15) is 5.26 Å². The molecule has 0 N–H and O–H groups in total. The maximum absolute atomic E-state index is 13.8. The van der Waals surface area contributed by atoms with Gasteiger partial charge in [0.2, 0.25) is 6.10 Å². The minimum atomic E-state index is -4.70. The van der Waals surface area contributed by atoms with Crippen LogP contribution in [0.3, 0.4) is 0 Å². The second-order valence-corrected chi connectivity index (χ2v) is 8.69. The fourth-order valence-corrected chi connectivity index (χ4v) is 3.91. The molecule has 0 saturated heterocycles. The zero-order valence-electron chi connectivity index (χ0n) is 18.2. The van der Waals surface area contributed by atoms with Crippen molar-refractivity contribution in [3.05, 3.63) is 60.2 Å². The molecule has 0 heterocycles. The van der Waals surface area contributed by atoms with Gasteiger partial charge in [0, 0.05) is 34.8 Å². The van der Waals surface area contributed by atoms with Crippen molar-refractivity contribution >= 4 is 28.9 Å². The Balaban J connectivity index is 1.79. The highest BCUT2D eigenvalue weighted by atomic mass is 35.5. The van der Waals surface area contributed by atoms with Crippen LogP contribution in [0.25, 0.3) is 0 Å². The summed E-state index contributed by atoms with van der Waals surface area (Å²) in [6.07, 6.45) is -5.79. The summed E-state index contributed by atoms with van der Waals surface area (Å²) < 4.78 is 52.6. The number of hydrogen-bond donors (Lipinski definition) is 0. The Hall–Kier alpha value is -2.76. The molecule has 1 saturated carbocycles. The van der Waals surface area contributed by atoms with Gasteiger partial charge >= 0.3 is 12.3 Å². The number of nitrogens with zero attached hydrogens (tertiary/aromatic N) is 2. The van der Waals surface area contributed by atoms with E-state index < -0.39 is 29.7 Å². The van der Waals surface area contributed by atoms with Crippen molar-refractivity contribution in [3.63, 3.8) is 0 Å². The Morgan fingerprint density at radius 3 is 2.45 bits per heavy atom. The van der Waals surface area contributed by atoms with Gasteiger partial charge in [0.15, 0.2) is 0 Å². The Labute approximate surface area is 195 Å². The molecule has 9 heteroatoms. The fraction of sp³-hybridized carbons (Fsp3) is 0.417. The molecule has 1 aliphatic carbocycles. The first-order valence-electron chi connectivity index (χ1n) is 10.4. The SMILES string of the molecule is CC1(C)C(OCCCCl)C1C(=O)OC(C#N)c1cccc(N(c2ccccc2)C(F)(F)F)c1. The average Bonchev–Trinajstić information content (AvgIpc) is 3.32. The maximum atomic E-state index is 13.8. The zero-order chi connectivity index (χ0) is 24.2. The van der Waals surface area contributed by atoms with Gasteiger partial charge in [0.1, 0.15) is 6.07 Å². The molecule has 0 aliphatic heterocycles. The molecule has 0 aromatic heterocycles. The van der Waals surface area contributed by atoms with Crippen LogP contribution in [0, 0.1) is 22.7 Å². The molecule has 176 valence electrons. The van der Waals surface area contributed by atoms with Gasteiger partial charge in [-0.25, -0.2) is 0 Å². The maximum Gasteiger partial charge on any atom is 0.489 e. The number of nitriles is 1. The Bertz CT molecular complexity index is 1010. The lowest BCUT2D eigenvalue weighted by Gasteiger charge is -2.27. The monoisotopic (exact) mass is 480 g/mol. The van der Waals surface area contributed by atoms with E-state index in [1.165, 1.54) is 48.5 Å². The summed E-state index contributed by atoms with van der Waals surface area (Å²) >= 11 is 5.65. The van der Waals surface area contributed by atoms with Crippen LogP contribution in [0.15, 0.2) is 54.6 Å². The molecule has 2 aromatic carbocycles. The molecule has 3 atom stereocenters. The molecule has 2 aromatic rings. The van der Waals surface area contributed by atoms with Gasteiger partial charge in [-0.1, -0.05) is 44.2 Å². The highest BCUT2D eigenvalue weighted by Crippen LogP contribution is 2.55. The molecule has 0 radical (unpaired) electrons. The fourth-order valence-electron chi connectivity index (χ4n) is 3.80. The van der Waals surface area contributed by atoms with Gasteiger partial charge < -0.3 is 9.47 Å². The number of alkyl halides is 4. The third-order valence-electron chi connectivity index (χ3n) is 5.61. The van der Waals surface area contributed by atoms with Crippen LogP contribution in [-0.4, -0.2) is 30.9 Å². The minimum absolute atomic E-state index is 0.0793. The number of benzene rings is 2. The van der Waals surface area contributed by atoms with Crippen molar-refractivity contribution in [1.82, 2.24) is 0 Å². The second-order valence-electron chi connectivity index (χ2n) is 8.31. The molecule has 0 bridgehead atoms. The molecule has 5 nitrogen and oxygen atoms in total. The smallest absolute Gasteiger partial charge is 0.442 e. The lowest BCUT2D eigenvalue weighted by atomic mass is 10.1. The van der Waals surface area contributed by atoms with E-state index in [-0.39, 0.29) is 27.9 Å². The largest absolute Gasteiger partial charge is 0.489 e. The van der Waals surface area contributed by atoms with E-state index in [2.05, 4.69) is 0 Å². The second kappa shape index (κ2) is 10.0. The number of carbonyl (C=O) groups excluding carboxylic acids is 1. The first kappa shape index (κ1) is 24.9. The van der Waals surface area contributed by atoms with Crippen LogP contribution in [0.4, 0.5) is 24.5 Å². The highest BCUT2D eigenvalue weighted by Gasteiger charge is 2.64. The first-order valence-corrected chi connectivity index (χ1v) is 10.9. The molecule has 3 unspecified atom stereocenters. The number of rotatable bonds is 9. The zero-order valence-corrected chi connectivity index (χ0v) is 18.9. The molecule has 3 rings (SSSR count). The van der Waals surface area contributed by atoms with Crippen LogP contribution in [0.2, 0.25) is 0 Å². The normalized spacial score (nSPS) is 19.9. The van der Waals surface area contributed by atoms with Crippen LogP contribution >= 0.6 is 11.6 Å². The van der Waals surface area contributed by atoms with E-state index in [9.17, 15) is 23.2 Å². The number of anilines is 2. The Morgan fingerprint density at radius 1 is 1.18 bits per heavy atom. The van der Waals surface area contributed by atoms with Crippen molar-refractivity contribution in [3.8, 4) is 6.07 Å². The first-order chi connectivity index (χ1) is 15.6. The summed E-state index contributed by atoms with van der Waals surface area (Å²) in [6, 6.07) is 14.5. The van der Waals surface area contributed by atoms with E-state index in [0.717, 1.165) is 0 Å². The van der Waals surface area contributed by atoms with Gasteiger partial charge in [-0.05, 0) is 30.7 Å². The van der Waals surface area contributed by atoms with E-state index in [4.69, 9.17) is 21.1 Å². The van der Waals surface area contributed by atoms with Gasteiger partial charge in [0.05, 0.1) is 12.0 Å². The minimum Gasteiger partial charge on any atom is -0.442 e. The van der Waals surface area contributed by atoms with Crippen LogP contribution in [0.5, 0.6) is 0 Å². The molecule has 1 fully saturated rings. The average molecular weight is 481 g/mol. The summed E-state index contributed by atoms with van der Waals surface area (Å²) in [5, 5.41) is 9.60. The number of ether oxygens (including phenoxy) is 2. The summed E-state index contributed by atoms with van der Waals surface area (Å²) in [4.78, 5) is 12.9. The summed E-state index contributed by atoms with van der Waals surface area (Å²) in [5.74, 6) is -0.751. The van der Waals surface area contributed by atoms with Gasteiger partial charge in [-0.15, -0.1) is 24.8 Å². The summed E-state index contributed by atoms with van der Waals surface area (Å²) in [7, 11) is 0. The van der Waals surface area contributed by atoms with E-state index in [0.29, 0.717) is 18.9 Å². The molecule has 0 spiro atoms. The summed E-state index contributed by atoms with van der Waals surface area (Å²) in [5.41, 5.74) is -0.599. The Kier molecular flexibility index (Phi) is 7.55. The number of esters is 1. The highest BCUT2D eigenvalue weighted by molar-refractivity contribution is 6.17. The third kappa shape index (κ3) is 5.60. The number of para-hydroxylation sites is 1. The lowest BCUT2D eigenvalue weighted by Crippen LogP contribution is -2.33. The quantitative estimate of drug-likeness (QED) is 0.187. The molecular formula is C24H24ClF3N2O3. The predicted molar refractivity (Wildman–Crippen MR) is 118 cm³/mol. The topological polar surface area (TPSA) is 62.6 Å². The Morgan fingerprint density at radius 2 is 1.85 bits per heavy atom. The standard InChI is InChI=1S/C24H24ClF3N2O3/c1-23(2)20(21(23)32-13-7-12-25)22(31)33-19(15-29)16-8-6-11-18(14-16)30(24(26,27)28)17-9-4-3-5-10-17/h3-6,8-11,14,19-21H,7,12-13H2,1-2H3. The van der Waals surface area contributed by atoms with Gasteiger partial charge in [0.25, 0.3) is 0 Å². The number of carbonyl (C=O) groups is 1. The van der Waals surface area contributed by atoms with Crippen LogP contribution in [0.1, 0.15) is 31.9 Å². The molecule has 0 amide bonds. The van der Waals surface area contributed by atoms with Crippen molar-refractivity contribution in [2.45, 2.75) is 38.8 Å². The van der Waals surface area contributed by atoms with E-state index in [1.807, 2.05) is 19.9 Å². The number of halogens is 4. The molecule has 1 aliphatic rings. The number of hydrogen-bond acceptors (Lipinski definition) is 5. The lowest BCUT2D eigenvalue weighted by molar-refractivity contribution is -0.150. The van der Waals surface area contributed by atoms with Crippen molar-refractivity contribution in [1.29, 1.82) is 5.26 Å². The van der Waals surface area contributed by atoms with Crippen LogP contribution in [-0.2, 0) is 14.3 Å². The predicted octanol–water partition coefficient (Wildman–Crippen LogP) is 6.12. The van der Waals surface area contributed by atoms with Gasteiger partial charge in [-0.3, -0.25) is 9.69 Å². The van der Waals surface area contributed by atoms with Crippen LogP contribution < -0.4 is 4.90 Å².